The van der Waals surface area contributed by atoms with Gasteiger partial charge in [-0.2, -0.15) is 0 Å². The second-order valence-electron chi connectivity index (χ2n) is 10.3. The number of quaternary nitrogens is 1. The lowest BCUT2D eigenvalue weighted by Gasteiger charge is -2.38. The lowest BCUT2D eigenvalue weighted by atomic mass is 10.1. The van der Waals surface area contributed by atoms with Gasteiger partial charge in [-0.15, -0.1) is 0 Å². The van der Waals surface area contributed by atoms with E-state index in [-0.39, 0.29) is 43.4 Å². The van der Waals surface area contributed by atoms with Gasteiger partial charge in [-0.3, -0.25) is 14.4 Å². The maximum Gasteiger partial charge on any atom is 0.309 e. The van der Waals surface area contributed by atoms with Crippen molar-refractivity contribution < 1.29 is 34.2 Å². The zero-order valence-electron chi connectivity index (χ0n) is 22.9. The van der Waals surface area contributed by atoms with Gasteiger partial charge in [0, 0.05) is 0 Å². The van der Waals surface area contributed by atoms with Crippen molar-refractivity contribution in [3.05, 3.63) is 12.2 Å². The first-order chi connectivity index (χ1) is 17.3. The van der Waals surface area contributed by atoms with E-state index in [1.807, 2.05) is 0 Å². The molecule has 0 atom stereocenters. The van der Waals surface area contributed by atoms with Crippen LogP contribution in [0.2, 0.25) is 0 Å². The van der Waals surface area contributed by atoms with Crippen LogP contribution < -0.4 is 0 Å². The second-order valence-corrected chi connectivity index (χ2v) is 10.3. The molecule has 0 radical (unpaired) electrons. The summed E-state index contributed by atoms with van der Waals surface area (Å²) in [5.41, 5.74) is 0. The molecule has 0 rings (SSSR count). The van der Waals surface area contributed by atoms with E-state index in [2.05, 4.69) is 19.1 Å². The minimum atomic E-state index is -0.933. The second kappa shape index (κ2) is 23.5. The molecule has 0 aromatic rings. The number of aliphatic carboxylic acids is 3. The normalized spacial score (nSPS) is 11.8. The van der Waals surface area contributed by atoms with Crippen LogP contribution in [0.1, 0.15) is 129 Å². The highest BCUT2D eigenvalue weighted by atomic mass is 16.4. The topological polar surface area (TPSA) is 112 Å². The molecule has 7 heteroatoms. The molecule has 0 amide bonds. The molecule has 0 saturated carbocycles. The van der Waals surface area contributed by atoms with Gasteiger partial charge in [0.1, 0.15) is 0 Å². The molecule has 0 bridgehead atoms. The quantitative estimate of drug-likeness (QED) is 0.0618. The van der Waals surface area contributed by atoms with Crippen molar-refractivity contribution in [2.24, 2.45) is 0 Å². The van der Waals surface area contributed by atoms with Crippen molar-refractivity contribution in [2.45, 2.75) is 129 Å². The van der Waals surface area contributed by atoms with Crippen molar-refractivity contribution >= 4 is 17.9 Å². The standard InChI is InChI=1S/C29H53NO6/c1-2-3-4-5-6-7-8-9-10-11-12-13-14-15-16-17-18-19-23-30(24-20-27(31)32,25-21-28(33)34)26-22-29(35)36/h8-9H,2-7,10-26H2,1H3,(H2-,31,32,33,34,35,36)/p+1/b9-8+. The molecular formula is C29H54NO6+. The SMILES string of the molecule is CCCCCCC/C=C/CCCCCCCCCCC[N+](CCC(=O)O)(CCC(=O)O)CCC(=O)O. The molecule has 3 N–H and O–H groups in total. The highest BCUT2D eigenvalue weighted by molar-refractivity contribution is 5.67. The number of carboxylic acid groups (broad SMARTS) is 3. The average Bonchev–Trinajstić information content (AvgIpc) is 2.83. The van der Waals surface area contributed by atoms with Crippen LogP contribution in [0.25, 0.3) is 0 Å². The Hall–Kier alpha value is -1.89. The Morgan fingerprint density at radius 2 is 0.833 bits per heavy atom. The maximum atomic E-state index is 11.1. The van der Waals surface area contributed by atoms with Crippen LogP contribution in [-0.4, -0.2) is 63.9 Å². The van der Waals surface area contributed by atoms with Gasteiger partial charge in [0.25, 0.3) is 0 Å². The van der Waals surface area contributed by atoms with E-state index in [0.29, 0.717) is 6.54 Å². The number of rotatable bonds is 27. The Morgan fingerprint density at radius 1 is 0.500 bits per heavy atom. The van der Waals surface area contributed by atoms with E-state index >= 15 is 0 Å². The minimum Gasteiger partial charge on any atom is -0.481 e. The fraction of sp³-hybridized carbons (Fsp3) is 0.828. The zero-order chi connectivity index (χ0) is 26.9. The van der Waals surface area contributed by atoms with E-state index in [1.54, 1.807) is 0 Å². The van der Waals surface area contributed by atoms with Gasteiger partial charge >= 0.3 is 17.9 Å². The van der Waals surface area contributed by atoms with E-state index in [0.717, 1.165) is 19.3 Å². The monoisotopic (exact) mass is 512 g/mol. The number of hydrogen-bond donors (Lipinski definition) is 3. The molecular weight excluding hydrogens is 458 g/mol. The number of carboxylic acids is 3. The summed E-state index contributed by atoms with van der Waals surface area (Å²) in [6, 6.07) is 0. The molecule has 0 fully saturated rings. The Balaban J connectivity index is 4.00. The molecule has 0 aliphatic carbocycles. The first-order valence-corrected chi connectivity index (χ1v) is 14.5. The summed E-state index contributed by atoms with van der Waals surface area (Å²) in [5, 5.41) is 27.3. The van der Waals surface area contributed by atoms with Gasteiger partial charge in [0.15, 0.2) is 0 Å². The van der Waals surface area contributed by atoms with Gasteiger partial charge in [0.05, 0.1) is 45.4 Å². The Bertz CT molecular complexity index is 559. The average molecular weight is 513 g/mol. The third-order valence-electron chi connectivity index (χ3n) is 7.04. The van der Waals surface area contributed by atoms with Crippen molar-refractivity contribution in [3.8, 4) is 0 Å². The third kappa shape index (κ3) is 22.6. The summed E-state index contributed by atoms with van der Waals surface area (Å²) in [6.07, 6.45) is 24.1. The van der Waals surface area contributed by atoms with Crippen LogP contribution in [0, 0.1) is 0 Å². The van der Waals surface area contributed by atoms with Crippen LogP contribution in [0.5, 0.6) is 0 Å². The molecule has 0 aromatic carbocycles. The summed E-state index contributed by atoms with van der Waals surface area (Å²) < 4.78 is 0.262. The predicted molar refractivity (Wildman–Crippen MR) is 145 cm³/mol. The van der Waals surface area contributed by atoms with Crippen LogP contribution >= 0.6 is 0 Å². The number of carbonyl (C=O) groups is 3. The van der Waals surface area contributed by atoms with Crippen molar-refractivity contribution in [2.75, 3.05) is 26.2 Å². The molecule has 0 aromatic heterocycles. The lowest BCUT2D eigenvalue weighted by Crippen LogP contribution is -2.52. The molecule has 0 spiro atoms. The number of allylic oxidation sites excluding steroid dienone is 2. The lowest BCUT2D eigenvalue weighted by molar-refractivity contribution is -0.927. The molecule has 0 heterocycles. The maximum absolute atomic E-state index is 11.1. The van der Waals surface area contributed by atoms with Crippen LogP contribution in [0.4, 0.5) is 0 Å². The van der Waals surface area contributed by atoms with Crippen molar-refractivity contribution in [3.63, 3.8) is 0 Å². The van der Waals surface area contributed by atoms with E-state index in [4.69, 9.17) is 15.3 Å². The van der Waals surface area contributed by atoms with Gasteiger partial charge in [-0.05, 0) is 38.5 Å². The van der Waals surface area contributed by atoms with Gasteiger partial charge in [0.2, 0.25) is 0 Å². The highest BCUT2D eigenvalue weighted by Crippen LogP contribution is 2.17. The molecule has 0 aliphatic heterocycles. The van der Waals surface area contributed by atoms with Crippen LogP contribution in [-0.2, 0) is 14.4 Å². The largest absolute Gasteiger partial charge is 0.481 e. The molecule has 7 nitrogen and oxygen atoms in total. The first kappa shape index (κ1) is 34.1. The van der Waals surface area contributed by atoms with Crippen molar-refractivity contribution in [1.29, 1.82) is 0 Å². The smallest absolute Gasteiger partial charge is 0.309 e. The van der Waals surface area contributed by atoms with E-state index < -0.39 is 17.9 Å². The summed E-state index contributed by atoms with van der Waals surface area (Å²) in [7, 11) is 0. The summed E-state index contributed by atoms with van der Waals surface area (Å²) >= 11 is 0. The summed E-state index contributed by atoms with van der Waals surface area (Å²) in [4.78, 5) is 33.4. The highest BCUT2D eigenvalue weighted by Gasteiger charge is 2.29. The molecule has 0 saturated heterocycles. The summed E-state index contributed by atoms with van der Waals surface area (Å²) in [5.74, 6) is -2.80. The van der Waals surface area contributed by atoms with Gasteiger partial charge in [-0.25, -0.2) is 0 Å². The molecule has 0 aliphatic rings. The third-order valence-corrected chi connectivity index (χ3v) is 7.04. The molecule has 0 unspecified atom stereocenters. The molecule has 210 valence electrons. The Morgan fingerprint density at radius 3 is 1.19 bits per heavy atom. The predicted octanol–water partition coefficient (Wildman–Crippen LogP) is 7.05. The Kier molecular flexibility index (Phi) is 22.3. The zero-order valence-corrected chi connectivity index (χ0v) is 22.9. The number of unbranched alkanes of at least 4 members (excludes halogenated alkanes) is 14. The first-order valence-electron chi connectivity index (χ1n) is 14.5. The molecule has 36 heavy (non-hydrogen) atoms. The van der Waals surface area contributed by atoms with Crippen molar-refractivity contribution in [1.82, 2.24) is 0 Å². The Labute approximate surface area is 219 Å². The van der Waals surface area contributed by atoms with Gasteiger partial charge in [-0.1, -0.05) is 83.3 Å². The fourth-order valence-corrected chi connectivity index (χ4v) is 4.72. The summed E-state index contributed by atoms with van der Waals surface area (Å²) in [6.45, 7) is 3.73. The minimum absolute atomic E-state index is 0.0753. The number of hydrogen-bond acceptors (Lipinski definition) is 3. The van der Waals surface area contributed by atoms with E-state index in [1.165, 1.54) is 83.5 Å². The van der Waals surface area contributed by atoms with Gasteiger partial charge < -0.3 is 19.8 Å². The fourth-order valence-electron chi connectivity index (χ4n) is 4.72. The van der Waals surface area contributed by atoms with E-state index in [9.17, 15) is 14.4 Å². The van der Waals surface area contributed by atoms with Crippen LogP contribution in [0.3, 0.4) is 0 Å². The van der Waals surface area contributed by atoms with Crippen LogP contribution in [0.15, 0.2) is 12.2 Å². The number of nitrogens with zero attached hydrogens (tertiary/aromatic N) is 1.